The van der Waals surface area contributed by atoms with E-state index in [9.17, 15) is 38.4 Å². The summed E-state index contributed by atoms with van der Waals surface area (Å²) < 4.78 is 15.7. The predicted molar refractivity (Wildman–Crippen MR) is 185 cm³/mol. The maximum Gasteiger partial charge on any atom is 0.408 e. The van der Waals surface area contributed by atoms with Gasteiger partial charge in [-0.25, -0.2) is 9.59 Å². The number of fused-ring (bicyclic) bond motifs is 2. The second-order valence-corrected chi connectivity index (χ2v) is 15.2. The number of carbonyl (C=O) groups excluding carboxylic acids is 8. The zero-order valence-electron chi connectivity index (χ0n) is 30.6. The summed E-state index contributed by atoms with van der Waals surface area (Å²) >= 11 is 0. The molecule has 3 N–H and O–H groups in total. The summed E-state index contributed by atoms with van der Waals surface area (Å²) in [7, 11) is 0. The van der Waals surface area contributed by atoms with Crippen LogP contribution in [-0.4, -0.2) is 64.1 Å². The minimum Gasteiger partial charge on any atom is -0.457 e. The number of nitrogens with two attached hydrogens (primary N) is 1. The van der Waals surface area contributed by atoms with E-state index in [2.05, 4.69) is 10.1 Å². The minimum atomic E-state index is -1.63. The number of benzene rings is 2. The first-order valence-corrected chi connectivity index (χ1v) is 16.6. The fourth-order valence-corrected chi connectivity index (χ4v) is 5.56. The number of hydrogen-bond donors (Lipinski definition) is 2. The molecule has 2 aromatic rings. The van der Waals surface area contributed by atoms with Gasteiger partial charge in [0.2, 0.25) is 0 Å². The molecule has 0 heterocycles. The standard InChI is InChI=1S/C33H35NO9.C5H11NO2/c1-15(2)12-23(35)24-27(36)19-10-8-17(13-21(19)29(24)38)42-18-9-11-20-22(14-18)30(39)25(28(20)37)31(40)26(16(3)4)34-32(41)43-33(5,6)7;1-5(2,3)8-4(6)7/h8-11,13-16,24-26H,12H2,1-7H3,(H,34,41);1-3H3,(H2,6,7). The molecule has 3 unspecified atom stereocenters. The number of nitrogens with one attached hydrogen (secondary N) is 1. The van der Waals surface area contributed by atoms with Crippen LogP contribution in [0, 0.1) is 23.7 Å². The lowest BCUT2D eigenvalue weighted by molar-refractivity contribution is -0.123. The summed E-state index contributed by atoms with van der Waals surface area (Å²) in [5.41, 5.74) is 3.73. The van der Waals surface area contributed by atoms with E-state index in [0.717, 1.165) is 0 Å². The second-order valence-electron chi connectivity index (χ2n) is 15.2. The first-order chi connectivity index (χ1) is 23.4. The number of carbonyl (C=O) groups is 8. The van der Waals surface area contributed by atoms with E-state index in [-0.39, 0.29) is 46.1 Å². The van der Waals surface area contributed by atoms with Crippen LogP contribution in [0.2, 0.25) is 0 Å². The third-order valence-corrected chi connectivity index (χ3v) is 7.60. The molecule has 0 bridgehead atoms. The molecule has 13 nitrogen and oxygen atoms in total. The van der Waals surface area contributed by atoms with Gasteiger partial charge in [-0.1, -0.05) is 27.7 Å². The molecule has 2 amide bonds. The highest BCUT2D eigenvalue weighted by Crippen LogP contribution is 2.36. The molecule has 0 spiro atoms. The minimum absolute atomic E-state index is 0.00232. The van der Waals surface area contributed by atoms with Crippen LogP contribution in [0.25, 0.3) is 0 Å². The lowest BCUT2D eigenvalue weighted by Crippen LogP contribution is -2.50. The largest absolute Gasteiger partial charge is 0.457 e. The summed E-state index contributed by atoms with van der Waals surface area (Å²) in [6.45, 7) is 17.3. The maximum absolute atomic E-state index is 13.4. The van der Waals surface area contributed by atoms with Gasteiger partial charge in [0.25, 0.3) is 0 Å². The van der Waals surface area contributed by atoms with Crippen molar-refractivity contribution in [1.82, 2.24) is 5.32 Å². The number of Topliss-reactive ketones (excluding diaryl/α,β-unsaturated/α-hetero) is 6. The fourth-order valence-electron chi connectivity index (χ4n) is 5.56. The van der Waals surface area contributed by atoms with Gasteiger partial charge in [0.05, 0.1) is 6.04 Å². The van der Waals surface area contributed by atoms with Gasteiger partial charge >= 0.3 is 12.2 Å². The predicted octanol–water partition coefficient (Wildman–Crippen LogP) is 6.08. The molecule has 4 rings (SSSR count). The van der Waals surface area contributed by atoms with Gasteiger partial charge in [-0.2, -0.15) is 0 Å². The molecule has 2 aliphatic rings. The summed E-state index contributed by atoms with van der Waals surface area (Å²) in [5, 5.41) is 2.50. The van der Waals surface area contributed by atoms with Crippen molar-refractivity contribution in [3.63, 3.8) is 0 Å². The summed E-state index contributed by atoms with van der Waals surface area (Å²) in [4.78, 5) is 101. The summed E-state index contributed by atoms with van der Waals surface area (Å²) in [6.07, 6.45) is -1.45. The highest BCUT2D eigenvalue weighted by Gasteiger charge is 2.47. The third kappa shape index (κ3) is 9.95. The Balaban J connectivity index is 0.000000783. The first-order valence-electron chi connectivity index (χ1n) is 16.6. The molecule has 0 aliphatic heterocycles. The van der Waals surface area contributed by atoms with Gasteiger partial charge in [0.15, 0.2) is 34.7 Å². The van der Waals surface area contributed by atoms with Gasteiger partial charge in [-0.05, 0) is 89.8 Å². The van der Waals surface area contributed by atoms with E-state index >= 15 is 0 Å². The van der Waals surface area contributed by atoms with Crippen LogP contribution in [0.5, 0.6) is 11.5 Å². The highest BCUT2D eigenvalue weighted by molar-refractivity contribution is 6.37. The Morgan fingerprint density at radius 3 is 1.51 bits per heavy atom. The van der Waals surface area contributed by atoms with Crippen molar-refractivity contribution in [3.05, 3.63) is 58.7 Å². The molecule has 13 heteroatoms. The molecular weight excluding hydrogens is 660 g/mol. The van der Waals surface area contributed by atoms with E-state index in [1.165, 1.54) is 36.4 Å². The number of ketones is 6. The van der Waals surface area contributed by atoms with Crippen LogP contribution in [0.4, 0.5) is 9.59 Å². The van der Waals surface area contributed by atoms with Crippen LogP contribution in [0.3, 0.4) is 0 Å². The number of amides is 2. The molecule has 0 saturated carbocycles. The highest BCUT2D eigenvalue weighted by atomic mass is 16.6. The zero-order chi connectivity index (χ0) is 38.7. The van der Waals surface area contributed by atoms with Crippen molar-refractivity contribution in [2.24, 2.45) is 29.4 Å². The van der Waals surface area contributed by atoms with Gasteiger partial charge in [0, 0.05) is 28.7 Å². The quantitative estimate of drug-likeness (QED) is 0.286. The van der Waals surface area contributed by atoms with E-state index in [1.807, 2.05) is 13.8 Å². The maximum atomic E-state index is 13.4. The molecule has 0 radical (unpaired) electrons. The lowest BCUT2D eigenvalue weighted by Gasteiger charge is -2.26. The summed E-state index contributed by atoms with van der Waals surface area (Å²) in [5.74, 6) is -6.74. The Morgan fingerprint density at radius 2 is 1.12 bits per heavy atom. The van der Waals surface area contributed by atoms with Crippen LogP contribution in [0.1, 0.15) is 117 Å². The molecule has 0 fully saturated rings. The van der Waals surface area contributed by atoms with Crippen LogP contribution in [-0.2, 0) is 19.1 Å². The molecule has 274 valence electrons. The SMILES string of the molecule is CC(C)(C)OC(N)=O.CC(C)CC(=O)C1C(=O)c2ccc(Oc3ccc4c(c3)C(=O)C(C(=O)C(NC(=O)OC(C)(C)C)C(C)C)C4=O)cc2C1=O. The lowest BCUT2D eigenvalue weighted by atomic mass is 9.88. The third-order valence-electron chi connectivity index (χ3n) is 7.60. The molecule has 0 aromatic heterocycles. The van der Waals surface area contributed by atoms with Gasteiger partial charge in [-0.15, -0.1) is 0 Å². The zero-order valence-corrected chi connectivity index (χ0v) is 30.6. The Morgan fingerprint density at radius 1 is 0.686 bits per heavy atom. The van der Waals surface area contributed by atoms with Crippen molar-refractivity contribution in [2.45, 2.75) is 92.9 Å². The van der Waals surface area contributed by atoms with Gasteiger partial charge in [0.1, 0.15) is 34.5 Å². The fraction of sp³-hybridized carbons (Fsp3) is 0.474. The Labute approximate surface area is 296 Å². The van der Waals surface area contributed by atoms with Crippen molar-refractivity contribution >= 4 is 46.9 Å². The second kappa shape index (κ2) is 15.4. The first kappa shape index (κ1) is 40.2. The Kier molecular flexibility index (Phi) is 12.1. The van der Waals surface area contributed by atoms with Crippen molar-refractivity contribution < 1.29 is 52.6 Å². The van der Waals surface area contributed by atoms with Gasteiger partial charge < -0.3 is 25.3 Å². The number of rotatable bonds is 9. The molecule has 51 heavy (non-hydrogen) atoms. The number of alkyl carbamates (subject to hydrolysis) is 1. The Bertz CT molecular complexity index is 1780. The number of ether oxygens (including phenoxy) is 3. The monoisotopic (exact) mass is 706 g/mol. The van der Waals surface area contributed by atoms with Crippen molar-refractivity contribution in [2.75, 3.05) is 0 Å². The average Bonchev–Trinajstić information content (AvgIpc) is 3.36. The summed E-state index contributed by atoms with van der Waals surface area (Å²) in [6, 6.07) is 7.30. The van der Waals surface area contributed by atoms with E-state index in [1.54, 1.807) is 55.4 Å². The van der Waals surface area contributed by atoms with Crippen LogP contribution < -0.4 is 15.8 Å². The molecule has 3 atom stereocenters. The van der Waals surface area contributed by atoms with Gasteiger partial charge in [-0.3, -0.25) is 28.8 Å². The number of primary amides is 1. The van der Waals surface area contributed by atoms with Crippen molar-refractivity contribution in [3.8, 4) is 11.5 Å². The topological polar surface area (TPSA) is 202 Å². The van der Waals surface area contributed by atoms with Crippen molar-refractivity contribution in [1.29, 1.82) is 0 Å². The molecular formula is C38H46N2O11. The van der Waals surface area contributed by atoms with E-state index in [0.29, 0.717) is 0 Å². The van der Waals surface area contributed by atoms with Crippen LogP contribution >= 0.6 is 0 Å². The molecule has 0 saturated heterocycles. The van der Waals surface area contributed by atoms with E-state index in [4.69, 9.17) is 15.2 Å². The Hall–Kier alpha value is -5.20. The smallest absolute Gasteiger partial charge is 0.408 e. The normalized spacial score (nSPS) is 17.3. The average molecular weight is 707 g/mol. The van der Waals surface area contributed by atoms with E-state index < -0.39 is 81.9 Å². The van der Waals surface area contributed by atoms with Crippen LogP contribution in [0.15, 0.2) is 36.4 Å². The molecule has 2 aliphatic carbocycles. The molecule has 2 aromatic carbocycles. The number of hydrogen-bond acceptors (Lipinski definition) is 11.